The van der Waals surface area contributed by atoms with Crippen LogP contribution in [0.25, 0.3) is 0 Å². The highest BCUT2D eigenvalue weighted by atomic mass is 16.5. The summed E-state index contributed by atoms with van der Waals surface area (Å²) in [6.07, 6.45) is 3.75. The van der Waals surface area contributed by atoms with Crippen molar-refractivity contribution >= 4 is 0 Å². The van der Waals surface area contributed by atoms with Crippen LogP contribution >= 0.6 is 0 Å². The largest absolute Gasteiger partial charge is 0.372 e. The minimum absolute atomic E-state index is 0.0687. The van der Waals surface area contributed by atoms with Crippen molar-refractivity contribution in [1.82, 2.24) is 0 Å². The second-order valence-corrected chi connectivity index (χ2v) is 4.86. The molecular weight excluding hydrogens is 220 g/mol. The Morgan fingerprint density at radius 3 is 2.56 bits per heavy atom. The summed E-state index contributed by atoms with van der Waals surface area (Å²) in [5.74, 6) is 0. The number of benzene rings is 2. The van der Waals surface area contributed by atoms with Crippen LogP contribution in [0.4, 0.5) is 0 Å². The Labute approximate surface area is 108 Å². The number of hydrogen-bond acceptors (Lipinski definition) is 1. The Hall–Kier alpha value is -1.60. The normalized spacial score (nSPS) is 15.4. The van der Waals surface area contributed by atoms with Gasteiger partial charge in [-0.1, -0.05) is 48.5 Å². The summed E-state index contributed by atoms with van der Waals surface area (Å²) in [5.41, 5.74) is 5.60. The molecule has 1 heteroatoms. The van der Waals surface area contributed by atoms with Crippen LogP contribution in [-0.2, 0) is 17.6 Å². The van der Waals surface area contributed by atoms with Crippen LogP contribution in [0.15, 0.2) is 48.5 Å². The lowest BCUT2D eigenvalue weighted by atomic mass is 9.94. The fraction of sp³-hybridized carbons (Fsp3) is 0.294. The van der Waals surface area contributed by atoms with Crippen LogP contribution < -0.4 is 0 Å². The van der Waals surface area contributed by atoms with E-state index in [9.17, 15) is 0 Å². The van der Waals surface area contributed by atoms with Gasteiger partial charge in [-0.3, -0.25) is 0 Å². The third-order valence-electron chi connectivity index (χ3n) is 3.80. The Morgan fingerprint density at radius 1 is 0.944 bits per heavy atom. The van der Waals surface area contributed by atoms with E-state index in [4.69, 9.17) is 4.74 Å². The molecule has 0 radical (unpaired) electrons. The number of aryl methyl sites for hydroxylation is 1. The van der Waals surface area contributed by atoms with E-state index in [1.807, 2.05) is 6.07 Å². The molecule has 0 N–H and O–H groups in total. The zero-order chi connectivity index (χ0) is 12.4. The number of hydrogen-bond donors (Lipinski definition) is 0. The van der Waals surface area contributed by atoms with Gasteiger partial charge in [0.25, 0.3) is 0 Å². The summed E-state index contributed by atoms with van der Waals surface area (Å²) in [6.45, 7) is 0. The molecule has 0 saturated heterocycles. The van der Waals surface area contributed by atoms with E-state index in [1.165, 1.54) is 41.5 Å². The standard InChI is InChI=1S/C17H18O/c1-18-17(14-7-3-2-4-8-14)16-12-6-10-13-9-5-11-15(13)16/h2-4,6-8,10,12,17H,5,9,11H2,1H3. The Bertz CT molecular complexity index is 531. The first-order valence-corrected chi connectivity index (χ1v) is 6.58. The quantitative estimate of drug-likeness (QED) is 0.787. The molecule has 92 valence electrons. The molecule has 0 fully saturated rings. The number of ether oxygens (including phenoxy) is 1. The molecule has 1 atom stereocenters. The van der Waals surface area contributed by atoms with Gasteiger partial charge in [-0.2, -0.15) is 0 Å². The predicted molar refractivity (Wildman–Crippen MR) is 73.8 cm³/mol. The lowest BCUT2D eigenvalue weighted by molar-refractivity contribution is 0.136. The van der Waals surface area contributed by atoms with E-state index >= 15 is 0 Å². The van der Waals surface area contributed by atoms with Gasteiger partial charge in [-0.25, -0.2) is 0 Å². The Kier molecular flexibility index (Phi) is 3.16. The van der Waals surface area contributed by atoms with Crippen molar-refractivity contribution in [2.24, 2.45) is 0 Å². The minimum atomic E-state index is 0.0687. The van der Waals surface area contributed by atoms with Crippen LogP contribution in [0.5, 0.6) is 0 Å². The summed E-state index contributed by atoms with van der Waals surface area (Å²) in [4.78, 5) is 0. The summed E-state index contributed by atoms with van der Waals surface area (Å²) < 4.78 is 5.75. The van der Waals surface area contributed by atoms with Gasteiger partial charge in [0, 0.05) is 7.11 Å². The first-order valence-electron chi connectivity index (χ1n) is 6.58. The van der Waals surface area contributed by atoms with Crippen LogP contribution in [0, 0.1) is 0 Å². The van der Waals surface area contributed by atoms with Gasteiger partial charge in [-0.15, -0.1) is 0 Å². The van der Waals surface area contributed by atoms with E-state index < -0.39 is 0 Å². The SMILES string of the molecule is COC(c1ccccc1)c1cccc2c1CCC2. The third-order valence-corrected chi connectivity index (χ3v) is 3.80. The van der Waals surface area contributed by atoms with Crippen LogP contribution in [0.3, 0.4) is 0 Å². The lowest BCUT2D eigenvalue weighted by Crippen LogP contribution is -2.06. The van der Waals surface area contributed by atoms with Gasteiger partial charge in [-0.05, 0) is 41.5 Å². The van der Waals surface area contributed by atoms with Crippen molar-refractivity contribution in [3.05, 3.63) is 70.8 Å². The van der Waals surface area contributed by atoms with E-state index in [1.54, 1.807) is 7.11 Å². The highest BCUT2D eigenvalue weighted by molar-refractivity contribution is 5.43. The maximum absolute atomic E-state index is 5.75. The Morgan fingerprint density at radius 2 is 1.78 bits per heavy atom. The molecule has 1 unspecified atom stereocenters. The molecule has 18 heavy (non-hydrogen) atoms. The van der Waals surface area contributed by atoms with Crippen LogP contribution in [-0.4, -0.2) is 7.11 Å². The zero-order valence-electron chi connectivity index (χ0n) is 10.7. The fourth-order valence-corrected chi connectivity index (χ4v) is 2.97. The predicted octanol–water partition coefficient (Wildman–Crippen LogP) is 3.91. The highest BCUT2D eigenvalue weighted by Crippen LogP contribution is 2.33. The monoisotopic (exact) mass is 238 g/mol. The molecule has 0 spiro atoms. The van der Waals surface area contributed by atoms with Crippen LogP contribution in [0.1, 0.15) is 34.8 Å². The molecule has 2 aromatic rings. The van der Waals surface area contributed by atoms with Gasteiger partial charge < -0.3 is 4.74 Å². The summed E-state index contributed by atoms with van der Waals surface area (Å²) >= 11 is 0. The number of rotatable bonds is 3. The fourth-order valence-electron chi connectivity index (χ4n) is 2.97. The van der Waals surface area contributed by atoms with Gasteiger partial charge in [0.15, 0.2) is 0 Å². The molecule has 2 aromatic carbocycles. The second-order valence-electron chi connectivity index (χ2n) is 4.86. The molecule has 0 amide bonds. The first kappa shape index (κ1) is 11.5. The van der Waals surface area contributed by atoms with E-state index in [-0.39, 0.29) is 6.10 Å². The topological polar surface area (TPSA) is 9.23 Å². The van der Waals surface area contributed by atoms with Crippen molar-refractivity contribution < 1.29 is 4.74 Å². The minimum Gasteiger partial charge on any atom is -0.372 e. The maximum Gasteiger partial charge on any atom is 0.107 e. The van der Waals surface area contributed by atoms with E-state index in [0.29, 0.717) is 0 Å². The number of fused-ring (bicyclic) bond motifs is 1. The van der Waals surface area contributed by atoms with Crippen LogP contribution in [0.2, 0.25) is 0 Å². The molecule has 0 heterocycles. The molecule has 0 aromatic heterocycles. The third kappa shape index (κ3) is 1.95. The van der Waals surface area contributed by atoms with E-state index in [0.717, 1.165) is 0 Å². The molecule has 3 rings (SSSR count). The highest BCUT2D eigenvalue weighted by Gasteiger charge is 2.21. The molecule has 0 bridgehead atoms. The van der Waals surface area contributed by atoms with Crippen molar-refractivity contribution in [2.45, 2.75) is 25.4 Å². The van der Waals surface area contributed by atoms with Gasteiger partial charge in [0.1, 0.15) is 6.10 Å². The Balaban J connectivity index is 2.05. The van der Waals surface area contributed by atoms with Crippen molar-refractivity contribution in [3.63, 3.8) is 0 Å². The maximum atomic E-state index is 5.75. The molecule has 1 aliphatic rings. The summed E-state index contributed by atoms with van der Waals surface area (Å²) in [7, 11) is 1.80. The van der Waals surface area contributed by atoms with Crippen molar-refractivity contribution in [2.75, 3.05) is 7.11 Å². The summed E-state index contributed by atoms with van der Waals surface area (Å²) in [5, 5.41) is 0. The molecule has 1 nitrogen and oxygen atoms in total. The molecule has 0 aliphatic heterocycles. The van der Waals surface area contributed by atoms with Crippen molar-refractivity contribution in [3.8, 4) is 0 Å². The van der Waals surface area contributed by atoms with Gasteiger partial charge in [0.05, 0.1) is 0 Å². The van der Waals surface area contributed by atoms with Gasteiger partial charge in [0.2, 0.25) is 0 Å². The van der Waals surface area contributed by atoms with E-state index in [2.05, 4.69) is 42.5 Å². The zero-order valence-corrected chi connectivity index (χ0v) is 10.7. The molecule has 0 saturated carbocycles. The van der Waals surface area contributed by atoms with Gasteiger partial charge >= 0.3 is 0 Å². The molecule has 1 aliphatic carbocycles. The first-order chi connectivity index (χ1) is 8.90. The average Bonchev–Trinajstić information content (AvgIpc) is 2.90. The summed E-state index contributed by atoms with van der Waals surface area (Å²) in [6, 6.07) is 17.1. The smallest absolute Gasteiger partial charge is 0.107 e. The van der Waals surface area contributed by atoms with Crippen molar-refractivity contribution in [1.29, 1.82) is 0 Å². The molecular formula is C17H18O. The number of methoxy groups -OCH3 is 1. The average molecular weight is 238 g/mol. The second kappa shape index (κ2) is 4.95. The lowest BCUT2D eigenvalue weighted by Gasteiger charge is -2.19.